The van der Waals surface area contributed by atoms with Crippen molar-refractivity contribution in [1.29, 1.82) is 0 Å². The number of hydrogen-bond donors (Lipinski definition) is 2. The van der Waals surface area contributed by atoms with Crippen molar-refractivity contribution in [2.45, 2.75) is 26.0 Å². The van der Waals surface area contributed by atoms with Crippen LogP contribution in [0.5, 0.6) is 0 Å². The molecule has 0 saturated carbocycles. The van der Waals surface area contributed by atoms with Gasteiger partial charge in [0.25, 0.3) is 0 Å². The molecule has 16 heavy (non-hydrogen) atoms. The highest BCUT2D eigenvalue weighted by Gasteiger charge is 1.94. The van der Waals surface area contributed by atoms with E-state index in [1.54, 1.807) is 7.11 Å². The van der Waals surface area contributed by atoms with Gasteiger partial charge in [-0.2, -0.15) is 0 Å². The van der Waals surface area contributed by atoms with Gasteiger partial charge in [0.1, 0.15) is 0 Å². The number of benzene rings is 1. The zero-order valence-electron chi connectivity index (χ0n) is 9.91. The smallest absolute Gasteiger partial charge is 0.0681 e. The largest absolute Gasteiger partial charge is 0.392 e. The van der Waals surface area contributed by atoms with Gasteiger partial charge in [0.15, 0.2) is 0 Å². The van der Waals surface area contributed by atoms with Crippen LogP contribution in [0.25, 0.3) is 0 Å². The Balaban J connectivity index is 2.12. The minimum Gasteiger partial charge on any atom is -0.392 e. The van der Waals surface area contributed by atoms with Crippen molar-refractivity contribution in [2.24, 2.45) is 0 Å². The molecule has 0 aliphatic rings. The Morgan fingerprint density at radius 1 is 1.12 bits per heavy atom. The standard InChI is InChI=1S/C13H21NO2/c1-16-9-3-2-8-14-10-12-4-6-13(11-15)7-5-12/h4-7,14-15H,2-3,8-11H2,1H3. The van der Waals surface area contributed by atoms with Crippen molar-refractivity contribution in [2.75, 3.05) is 20.3 Å². The molecule has 1 aromatic carbocycles. The van der Waals surface area contributed by atoms with Crippen molar-refractivity contribution in [3.63, 3.8) is 0 Å². The van der Waals surface area contributed by atoms with Gasteiger partial charge < -0.3 is 15.2 Å². The number of hydrogen-bond acceptors (Lipinski definition) is 3. The first kappa shape index (κ1) is 13.2. The molecule has 0 aliphatic heterocycles. The van der Waals surface area contributed by atoms with Crippen molar-refractivity contribution < 1.29 is 9.84 Å². The van der Waals surface area contributed by atoms with Crippen LogP contribution in [0.2, 0.25) is 0 Å². The monoisotopic (exact) mass is 223 g/mol. The van der Waals surface area contributed by atoms with E-state index in [0.717, 1.165) is 38.1 Å². The molecule has 0 fully saturated rings. The number of rotatable bonds is 8. The summed E-state index contributed by atoms with van der Waals surface area (Å²) in [4.78, 5) is 0. The Morgan fingerprint density at radius 3 is 2.44 bits per heavy atom. The number of aliphatic hydroxyl groups is 1. The first-order valence-electron chi connectivity index (χ1n) is 5.75. The Morgan fingerprint density at radius 2 is 1.81 bits per heavy atom. The average molecular weight is 223 g/mol. The lowest BCUT2D eigenvalue weighted by atomic mass is 10.1. The summed E-state index contributed by atoms with van der Waals surface area (Å²) in [7, 11) is 1.73. The minimum atomic E-state index is 0.116. The molecule has 0 radical (unpaired) electrons. The zero-order valence-corrected chi connectivity index (χ0v) is 9.91. The Kier molecular flexibility index (Phi) is 6.81. The van der Waals surface area contributed by atoms with Crippen molar-refractivity contribution in [3.05, 3.63) is 35.4 Å². The summed E-state index contributed by atoms with van der Waals surface area (Å²) in [5, 5.41) is 12.3. The third-order valence-corrected chi connectivity index (χ3v) is 2.49. The number of methoxy groups -OCH3 is 1. The molecule has 3 nitrogen and oxygen atoms in total. The van der Waals surface area contributed by atoms with Gasteiger partial charge in [-0.1, -0.05) is 24.3 Å². The summed E-state index contributed by atoms with van der Waals surface area (Å²) < 4.78 is 4.98. The van der Waals surface area contributed by atoms with Crippen LogP contribution in [0.4, 0.5) is 0 Å². The summed E-state index contributed by atoms with van der Waals surface area (Å²) in [6.45, 7) is 2.86. The van der Waals surface area contributed by atoms with Crippen LogP contribution in [-0.2, 0) is 17.9 Å². The number of nitrogens with one attached hydrogen (secondary N) is 1. The summed E-state index contributed by atoms with van der Waals surface area (Å²) in [5.41, 5.74) is 2.22. The van der Waals surface area contributed by atoms with E-state index in [1.165, 1.54) is 5.56 Å². The lowest BCUT2D eigenvalue weighted by Gasteiger charge is -2.05. The first-order valence-corrected chi connectivity index (χ1v) is 5.75. The predicted octanol–water partition coefficient (Wildman–Crippen LogP) is 1.70. The summed E-state index contributed by atoms with van der Waals surface area (Å²) in [6, 6.07) is 8.02. The van der Waals surface area contributed by atoms with Crippen LogP contribution in [0.1, 0.15) is 24.0 Å². The summed E-state index contributed by atoms with van der Waals surface area (Å²) >= 11 is 0. The second-order valence-electron chi connectivity index (χ2n) is 3.85. The minimum absolute atomic E-state index is 0.116. The fourth-order valence-corrected chi connectivity index (χ4v) is 1.49. The van der Waals surface area contributed by atoms with Crippen LogP contribution < -0.4 is 5.32 Å². The quantitative estimate of drug-likeness (QED) is 0.659. The van der Waals surface area contributed by atoms with Crippen LogP contribution in [0, 0.1) is 0 Å². The molecule has 0 atom stereocenters. The van der Waals surface area contributed by atoms with Crippen molar-refractivity contribution in [3.8, 4) is 0 Å². The van der Waals surface area contributed by atoms with E-state index in [9.17, 15) is 0 Å². The van der Waals surface area contributed by atoms with Gasteiger partial charge in [0, 0.05) is 20.3 Å². The molecule has 0 unspecified atom stereocenters. The molecule has 0 saturated heterocycles. The molecular formula is C13H21NO2. The van der Waals surface area contributed by atoms with Gasteiger partial charge in [0.05, 0.1) is 6.61 Å². The lowest BCUT2D eigenvalue weighted by molar-refractivity contribution is 0.192. The lowest BCUT2D eigenvalue weighted by Crippen LogP contribution is -2.15. The summed E-state index contributed by atoms with van der Waals surface area (Å²) in [5.74, 6) is 0. The number of ether oxygens (including phenoxy) is 1. The molecule has 90 valence electrons. The topological polar surface area (TPSA) is 41.5 Å². The maximum atomic E-state index is 8.90. The van der Waals surface area contributed by atoms with E-state index in [4.69, 9.17) is 9.84 Å². The Labute approximate surface area is 97.4 Å². The van der Waals surface area contributed by atoms with Crippen LogP contribution in [0.3, 0.4) is 0 Å². The number of aliphatic hydroxyl groups excluding tert-OH is 1. The highest BCUT2D eigenvalue weighted by atomic mass is 16.5. The number of unbranched alkanes of at least 4 members (excludes halogenated alkanes) is 1. The maximum Gasteiger partial charge on any atom is 0.0681 e. The third-order valence-electron chi connectivity index (χ3n) is 2.49. The molecule has 3 heteroatoms. The molecule has 0 bridgehead atoms. The molecule has 0 aromatic heterocycles. The Hall–Kier alpha value is -0.900. The maximum absolute atomic E-state index is 8.90. The zero-order chi connectivity index (χ0) is 11.6. The molecule has 0 heterocycles. The van der Waals surface area contributed by atoms with E-state index in [-0.39, 0.29) is 6.61 Å². The first-order chi connectivity index (χ1) is 7.86. The van der Waals surface area contributed by atoms with Gasteiger partial charge in [-0.15, -0.1) is 0 Å². The van der Waals surface area contributed by atoms with E-state index < -0.39 is 0 Å². The second kappa shape index (κ2) is 8.28. The Bertz CT molecular complexity index is 272. The molecule has 0 amide bonds. The van der Waals surface area contributed by atoms with Gasteiger partial charge in [0.2, 0.25) is 0 Å². The van der Waals surface area contributed by atoms with E-state index in [1.807, 2.05) is 24.3 Å². The second-order valence-corrected chi connectivity index (χ2v) is 3.85. The molecular weight excluding hydrogens is 202 g/mol. The van der Waals surface area contributed by atoms with Crippen LogP contribution in [-0.4, -0.2) is 25.4 Å². The van der Waals surface area contributed by atoms with Crippen molar-refractivity contribution in [1.82, 2.24) is 5.32 Å². The molecule has 1 aromatic rings. The summed E-state index contributed by atoms with van der Waals surface area (Å²) in [6.07, 6.45) is 2.25. The van der Waals surface area contributed by atoms with E-state index in [2.05, 4.69) is 5.32 Å². The van der Waals surface area contributed by atoms with E-state index >= 15 is 0 Å². The molecule has 2 N–H and O–H groups in total. The van der Waals surface area contributed by atoms with Gasteiger partial charge in [-0.3, -0.25) is 0 Å². The predicted molar refractivity (Wildman–Crippen MR) is 65.2 cm³/mol. The van der Waals surface area contributed by atoms with Gasteiger partial charge in [-0.05, 0) is 30.5 Å². The van der Waals surface area contributed by atoms with Gasteiger partial charge >= 0.3 is 0 Å². The van der Waals surface area contributed by atoms with E-state index in [0.29, 0.717) is 0 Å². The average Bonchev–Trinajstić information content (AvgIpc) is 2.34. The fraction of sp³-hybridized carbons (Fsp3) is 0.538. The molecule has 1 rings (SSSR count). The normalized spacial score (nSPS) is 10.6. The third kappa shape index (κ3) is 5.26. The highest BCUT2D eigenvalue weighted by Crippen LogP contribution is 2.03. The SMILES string of the molecule is COCCCCNCc1ccc(CO)cc1. The molecule has 0 aliphatic carbocycles. The van der Waals surface area contributed by atoms with Crippen molar-refractivity contribution >= 4 is 0 Å². The van der Waals surface area contributed by atoms with Gasteiger partial charge in [-0.25, -0.2) is 0 Å². The highest BCUT2D eigenvalue weighted by molar-refractivity contribution is 5.21. The van der Waals surface area contributed by atoms with Crippen LogP contribution >= 0.6 is 0 Å². The molecule has 0 spiro atoms. The fourth-order valence-electron chi connectivity index (χ4n) is 1.49. The van der Waals surface area contributed by atoms with Crippen LogP contribution in [0.15, 0.2) is 24.3 Å².